The highest BCUT2D eigenvalue weighted by Crippen LogP contribution is 2.29. The van der Waals surface area contributed by atoms with Crippen LogP contribution in [0.3, 0.4) is 0 Å². The van der Waals surface area contributed by atoms with Crippen LogP contribution in [0.25, 0.3) is 0 Å². The van der Waals surface area contributed by atoms with Gasteiger partial charge in [0.15, 0.2) is 0 Å². The zero-order chi connectivity index (χ0) is 9.90. The summed E-state index contributed by atoms with van der Waals surface area (Å²) < 4.78 is 35.8. The Morgan fingerprint density at radius 3 is 2.69 bits per heavy atom. The summed E-state index contributed by atoms with van der Waals surface area (Å²) in [6.07, 6.45) is -4.22. The molecule has 1 heterocycles. The third kappa shape index (κ3) is 3.64. The summed E-state index contributed by atoms with van der Waals surface area (Å²) in [6, 6.07) is 1.94. The van der Waals surface area contributed by atoms with Gasteiger partial charge in [0.05, 0.1) is 12.6 Å². The fourth-order valence-corrected chi connectivity index (χ4v) is 1.65. The number of alkyl halides is 3. The van der Waals surface area contributed by atoms with Crippen LogP contribution < -0.4 is 0 Å². The van der Waals surface area contributed by atoms with E-state index in [1.165, 1.54) is 0 Å². The van der Waals surface area contributed by atoms with E-state index in [2.05, 4.69) is 0 Å². The van der Waals surface area contributed by atoms with Gasteiger partial charge in [0.2, 0.25) is 0 Å². The van der Waals surface area contributed by atoms with Crippen LogP contribution in [0, 0.1) is 17.2 Å². The molecule has 5 heteroatoms. The Morgan fingerprint density at radius 2 is 2.15 bits per heavy atom. The summed E-state index contributed by atoms with van der Waals surface area (Å²) in [4.78, 5) is 1.76. The molecule has 0 N–H and O–H groups in total. The molecule has 13 heavy (non-hydrogen) atoms. The van der Waals surface area contributed by atoms with Crippen molar-refractivity contribution in [1.82, 2.24) is 4.90 Å². The van der Waals surface area contributed by atoms with Crippen molar-refractivity contribution in [2.75, 3.05) is 19.6 Å². The van der Waals surface area contributed by atoms with Gasteiger partial charge in [-0.15, -0.1) is 0 Å². The van der Waals surface area contributed by atoms with E-state index in [9.17, 15) is 13.2 Å². The fourth-order valence-electron chi connectivity index (χ4n) is 1.65. The lowest BCUT2D eigenvalue weighted by Crippen LogP contribution is -2.22. The van der Waals surface area contributed by atoms with Gasteiger partial charge < -0.3 is 0 Å². The number of nitriles is 1. The van der Waals surface area contributed by atoms with Gasteiger partial charge in [-0.05, 0) is 18.9 Å². The van der Waals surface area contributed by atoms with Crippen LogP contribution >= 0.6 is 0 Å². The Bertz CT molecular complexity index is 206. The van der Waals surface area contributed by atoms with Crippen molar-refractivity contribution < 1.29 is 13.2 Å². The van der Waals surface area contributed by atoms with Gasteiger partial charge in [-0.25, -0.2) is 0 Å². The first-order valence-corrected chi connectivity index (χ1v) is 4.17. The number of rotatable bonds is 2. The molecule has 0 saturated carbocycles. The molecule has 1 aliphatic rings. The molecule has 0 spiro atoms. The first-order valence-electron chi connectivity index (χ1n) is 4.17. The van der Waals surface area contributed by atoms with Gasteiger partial charge in [-0.2, -0.15) is 18.4 Å². The zero-order valence-electron chi connectivity index (χ0n) is 7.14. The van der Waals surface area contributed by atoms with E-state index in [1.54, 1.807) is 4.90 Å². The minimum atomic E-state index is -4.06. The van der Waals surface area contributed by atoms with Crippen LogP contribution in [0.15, 0.2) is 0 Å². The molecule has 0 aromatic rings. The second kappa shape index (κ2) is 3.97. The van der Waals surface area contributed by atoms with Gasteiger partial charge >= 0.3 is 6.18 Å². The highest BCUT2D eigenvalue weighted by Gasteiger charge is 2.34. The summed E-state index contributed by atoms with van der Waals surface area (Å²) in [5.74, 6) is -0.312. The largest absolute Gasteiger partial charge is 0.389 e. The highest BCUT2D eigenvalue weighted by atomic mass is 19.4. The summed E-state index contributed by atoms with van der Waals surface area (Å²) in [6.45, 7) is 1.27. The zero-order valence-corrected chi connectivity index (χ0v) is 7.14. The fraction of sp³-hybridized carbons (Fsp3) is 0.875. The first kappa shape index (κ1) is 10.3. The molecule has 1 atom stereocenters. The van der Waals surface area contributed by atoms with Crippen LogP contribution in [0.5, 0.6) is 0 Å². The van der Waals surface area contributed by atoms with E-state index in [4.69, 9.17) is 5.26 Å². The van der Waals surface area contributed by atoms with Gasteiger partial charge in [-0.3, -0.25) is 4.90 Å². The monoisotopic (exact) mass is 192 g/mol. The molecule has 74 valence electrons. The second-order valence-electron chi connectivity index (χ2n) is 3.37. The maximum Gasteiger partial charge on any atom is 0.389 e. The maximum absolute atomic E-state index is 11.9. The lowest BCUT2D eigenvalue weighted by atomic mass is 10.1. The van der Waals surface area contributed by atoms with Crippen LogP contribution in [-0.4, -0.2) is 30.7 Å². The minimum Gasteiger partial charge on any atom is -0.290 e. The predicted molar refractivity (Wildman–Crippen MR) is 40.8 cm³/mol. The standard InChI is InChI=1S/C8H11F3N2/c9-8(10,11)5-7-1-3-13(6-7)4-2-12/h7H,1,3-6H2. The van der Waals surface area contributed by atoms with E-state index in [1.807, 2.05) is 6.07 Å². The maximum atomic E-state index is 11.9. The summed E-state index contributed by atoms with van der Waals surface area (Å²) in [5, 5.41) is 8.33. The van der Waals surface area contributed by atoms with Crippen molar-refractivity contribution in [2.24, 2.45) is 5.92 Å². The Kier molecular flexibility index (Phi) is 3.15. The molecule has 1 saturated heterocycles. The van der Waals surface area contributed by atoms with Crippen molar-refractivity contribution in [1.29, 1.82) is 5.26 Å². The van der Waals surface area contributed by atoms with Crippen LogP contribution in [0.4, 0.5) is 13.2 Å². The van der Waals surface area contributed by atoms with Crippen molar-refractivity contribution in [3.05, 3.63) is 0 Å². The van der Waals surface area contributed by atoms with E-state index in [0.29, 0.717) is 19.5 Å². The molecule has 1 unspecified atom stereocenters. The van der Waals surface area contributed by atoms with E-state index in [0.717, 1.165) is 0 Å². The third-order valence-corrected chi connectivity index (χ3v) is 2.18. The molecule has 0 aliphatic carbocycles. The topological polar surface area (TPSA) is 27.0 Å². The first-order chi connectivity index (χ1) is 6.01. The molecule has 1 aliphatic heterocycles. The predicted octanol–water partition coefficient (Wildman–Crippen LogP) is 1.78. The molecule has 2 nitrogen and oxygen atoms in total. The van der Waals surface area contributed by atoms with Crippen LogP contribution in [-0.2, 0) is 0 Å². The quantitative estimate of drug-likeness (QED) is 0.623. The normalized spacial score (nSPS) is 24.6. The Morgan fingerprint density at radius 1 is 1.46 bits per heavy atom. The van der Waals surface area contributed by atoms with E-state index < -0.39 is 12.6 Å². The average Bonchev–Trinajstić information content (AvgIpc) is 2.33. The van der Waals surface area contributed by atoms with Gasteiger partial charge in [-0.1, -0.05) is 0 Å². The molecule has 1 rings (SSSR count). The van der Waals surface area contributed by atoms with Crippen molar-refractivity contribution in [3.63, 3.8) is 0 Å². The molecule has 0 aromatic carbocycles. The van der Waals surface area contributed by atoms with Crippen molar-refractivity contribution >= 4 is 0 Å². The number of hydrogen-bond donors (Lipinski definition) is 0. The number of likely N-dealkylation sites (tertiary alicyclic amines) is 1. The number of nitrogens with zero attached hydrogens (tertiary/aromatic N) is 2. The molecule has 0 bridgehead atoms. The van der Waals surface area contributed by atoms with Crippen molar-refractivity contribution in [3.8, 4) is 6.07 Å². The highest BCUT2D eigenvalue weighted by molar-refractivity contribution is 4.84. The average molecular weight is 192 g/mol. The van der Waals surface area contributed by atoms with E-state index in [-0.39, 0.29) is 12.5 Å². The Labute approximate surface area is 74.9 Å². The lowest BCUT2D eigenvalue weighted by molar-refractivity contribution is -0.143. The summed E-state index contributed by atoms with van der Waals surface area (Å²) in [7, 11) is 0. The van der Waals surface area contributed by atoms with Gasteiger partial charge in [0.1, 0.15) is 0 Å². The summed E-state index contributed by atoms with van der Waals surface area (Å²) >= 11 is 0. The number of hydrogen-bond acceptors (Lipinski definition) is 2. The summed E-state index contributed by atoms with van der Waals surface area (Å²) in [5.41, 5.74) is 0. The second-order valence-corrected chi connectivity index (χ2v) is 3.37. The van der Waals surface area contributed by atoms with Gasteiger partial charge in [0, 0.05) is 13.0 Å². The molecular formula is C8H11F3N2. The number of halogens is 3. The van der Waals surface area contributed by atoms with Crippen molar-refractivity contribution in [2.45, 2.75) is 19.0 Å². The minimum absolute atomic E-state index is 0.244. The van der Waals surface area contributed by atoms with Crippen LogP contribution in [0.2, 0.25) is 0 Å². The molecular weight excluding hydrogens is 181 g/mol. The SMILES string of the molecule is N#CCN1CCC(CC(F)(F)F)C1. The molecule has 0 radical (unpaired) electrons. The molecule has 0 amide bonds. The van der Waals surface area contributed by atoms with E-state index >= 15 is 0 Å². The Balaban J connectivity index is 2.30. The smallest absolute Gasteiger partial charge is 0.290 e. The third-order valence-electron chi connectivity index (χ3n) is 2.18. The molecule has 0 aromatic heterocycles. The Hall–Kier alpha value is -0.760. The lowest BCUT2D eigenvalue weighted by Gasteiger charge is -2.13. The molecule has 1 fully saturated rings. The van der Waals surface area contributed by atoms with Crippen LogP contribution in [0.1, 0.15) is 12.8 Å². The van der Waals surface area contributed by atoms with Gasteiger partial charge in [0.25, 0.3) is 0 Å².